The molecule has 0 spiro atoms. The first-order chi connectivity index (χ1) is 30.9. The van der Waals surface area contributed by atoms with Crippen LogP contribution in [0.5, 0.6) is 0 Å². The van der Waals surface area contributed by atoms with Gasteiger partial charge in [0.2, 0.25) is 0 Å². The van der Waals surface area contributed by atoms with E-state index in [0.717, 1.165) is 84.0 Å². The van der Waals surface area contributed by atoms with E-state index in [1.165, 1.54) is 141 Å². The summed E-state index contributed by atoms with van der Waals surface area (Å²) in [6.07, 6.45) is 37.1. The molecule has 6 nitrogen and oxygen atoms in total. The molecule has 0 N–H and O–H groups in total. The van der Waals surface area contributed by atoms with Crippen LogP contribution in [0, 0.1) is 0 Å². The normalized spacial score (nSPS) is 11.8. The molecule has 0 aromatic heterocycles. The van der Waals surface area contributed by atoms with Crippen molar-refractivity contribution in [2.24, 2.45) is 0 Å². The number of hydrogen-bond donors (Lipinski definition) is 0. The Balaban J connectivity index is 0.000000440. The number of aryl methyl sites for hydroxylation is 4. The van der Waals surface area contributed by atoms with Crippen molar-refractivity contribution < 1.29 is 25.9 Å². The van der Waals surface area contributed by atoms with Crippen molar-refractivity contribution in [2.75, 3.05) is 0 Å². The largest absolute Gasteiger partial charge is 2.00 e. The molecule has 9 heteroatoms. The molecule has 360 valence electrons. The van der Waals surface area contributed by atoms with Gasteiger partial charge < -0.3 is 9.11 Å². The van der Waals surface area contributed by atoms with Crippen molar-refractivity contribution in [3.05, 3.63) is 82.9 Å². The van der Waals surface area contributed by atoms with Crippen LogP contribution in [0.15, 0.2) is 70.5 Å². The van der Waals surface area contributed by atoms with Gasteiger partial charge in [-0.05, 0) is 119 Å². The predicted octanol–water partition coefficient (Wildman–Crippen LogP) is 16.3. The summed E-state index contributed by atoms with van der Waals surface area (Å²) in [7, 11) is -8.97. The van der Waals surface area contributed by atoms with Crippen molar-refractivity contribution in [3.63, 3.8) is 0 Å². The predicted molar refractivity (Wildman–Crippen MR) is 276 cm³/mol. The van der Waals surface area contributed by atoms with E-state index in [1.807, 2.05) is 24.3 Å². The third kappa shape index (κ3) is 23.6. The number of unbranched alkanes of at least 4 members (excludes halogenated alkanes) is 24. The molecule has 0 heterocycles. The van der Waals surface area contributed by atoms with Gasteiger partial charge in [-0.3, -0.25) is 0 Å². The Morgan fingerprint density at radius 1 is 0.338 bits per heavy atom. The molecule has 0 fully saturated rings. The van der Waals surface area contributed by atoms with Crippen LogP contribution in [0.4, 0.5) is 0 Å². The molecule has 0 unspecified atom stereocenters. The summed E-state index contributed by atoms with van der Waals surface area (Å²) in [4.78, 5) is -0.0222. The smallest absolute Gasteiger partial charge is 0.744 e. The first-order valence-electron chi connectivity index (χ1n) is 25.9. The van der Waals surface area contributed by atoms with E-state index >= 15 is 0 Å². The fourth-order valence-corrected chi connectivity index (χ4v) is 10.7. The zero-order valence-corrected chi connectivity index (χ0v) is 45.2. The van der Waals surface area contributed by atoms with Gasteiger partial charge in [-0.25, -0.2) is 16.8 Å². The summed E-state index contributed by atoms with van der Waals surface area (Å²) in [6, 6.07) is 19.6. The molecule has 4 rings (SSSR count). The van der Waals surface area contributed by atoms with Crippen LogP contribution in [0.1, 0.15) is 230 Å². The fraction of sp³-hybridized carbons (Fsp3) is 0.643. The Labute approximate surface area is 427 Å². The third-order valence-corrected chi connectivity index (χ3v) is 14.9. The summed E-state index contributed by atoms with van der Waals surface area (Å²) in [5, 5.41) is 3.96. The maximum absolute atomic E-state index is 12.0. The van der Waals surface area contributed by atoms with Gasteiger partial charge in [-0.1, -0.05) is 218 Å². The SMILES string of the molecule is CCCCCCCCCc1cc2cccc(CCCCCCCCC)c2cc1S(=O)(=O)[O-].CCCCCCCCCc1cc2cccc(CCCCCCCCC)c2cc1S(=O)(=O)[O-].[Ca+2]. The minimum Gasteiger partial charge on any atom is -0.744 e. The molecule has 65 heavy (non-hydrogen) atoms. The first-order valence-corrected chi connectivity index (χ1v) is 28.8. The molecular weight excluding hydrogens is 873 g/mol. The number of hydrogen-bond acceptors (Lipinski definition) is 6. The van der Waals surface area contributed by atoms with Crippen molar-refractivity contribution in [1.82, 2.24) is 0 Å². The Hall–Kier alpha value is -1.52. The van der Waals surface area contributed by atoms with Crippen LogP contribution in [0.25, 0.3) is 21.5 Å². The minimum absolute atomic E-state index is 0. The molecule has 0 saturated carbocycles. The Bertz CT molecular complexity index is 1960. The van der Waals surface area contributed by atoms with E-state index in [1.54, 1.807) is 12.1 Å². The van der Waals surface area contributed by atoms with E-state index in [4.69, 9.17) is 0 Å². The second-order valence-electron chi connectivity index (χ2n) is 18.6. The van der Waals surface area contributed by atoms with Crippen molar-refractivity contribution in [3.8, 4) is 0 Å². The average Bonchev–Trinajstić information content (AvgIpc) is 3.27. The molecule has 4 aromatic carbocycles. The summed E-state index contributed by atoms with van der Waals surface area (Å²) in [5.74, 6) is 0. The molecule has 0 saturated heterocycles. The van der Waals surface area contributed by atoms with E-state index in [2.05, 4.69) is 52.0 Å². The molecule has 0 amide bonds. The molecule has 0 radical (unpaired) electrons. The van der Waals surface area contributed by atoms with Crippen LogP contribution in [-0.2, 0) is 45.9 Å². The van der Waals surface area contributed by atoms with Crippen molar-refractivity contribution in [1.29, 1.82) is 0 Å². The zero-order chi connectivity index (χ0) is 46.5. The first kappa shape index (κ1) is 59.6. The topological polar surface area (TPSA) is 114 Å². The Kier molecular flexibility index (Phi) is 31.8. The van der Waals surface area contributed by atoms with Crippen LogP contribution >= 0.6 is 0 Å². The maximum atomic E-state index is 12.0. The van der Waals surface area contributed by atoms with Crippen molar-refractivity contribution >= 4 is 79.5 Å². The van der Waals surface area contributed by atoms with Gasteiger partial charge in [0, 0.05) is 0 Å². The van der Waals surface area contributed by atoms with Crippen LogP contribution in [-0.4, -0.2) is 63.7 Å². The second kappa shape index (κ2) is 34.7. The van der Waals surface area contributed by atoms with Gasteiger partial charge in [0.15, 0.2) is 0 Å². The summed E-state index contributed by atoms with van der Waals surface area (Å²) in [5.41, 5.74) is 3.69. The molecule has 0 atom stereocenters. The van der Waals surface area contributed by atoms with Crippen molar-refractivity contribution in [2.45, 2.75) is 243 Å². The van der Waals surface area contributed by atoms with Gasteiger partial charge in [-0.2, -0.15) is 0 Å². The Morgan fingerprint density at radius 2 is 0.585 bits per heavy atom. The second-order valence-corrected chi connectivity index (χ2v) is 21.3. The zero-order valence-electron chi connectivity index (χ0n) is 41.4. The number of rotatable bonds is 34. The van der Waals surface area contributed by atoms with E-state index < -0.39 is 20.2 Å². The van der Waals surface area contributed by atoms with Crippen LogP contribution < -0.4 is 0 Å². The third-order valence-electron chi connectivity index (χ3n) is 13.0. The maximum Gasteiger partial charge on any atom is 2.00 e. The standard InChI is InChI=1S/2C28H44O3S.Ca/c2*1-3-5-7-9-11-13-15-18-24-20-17-21-25-22-26(19-16-14-12-10-8-6-4-2)28(23-27(24)25)32(29,30)31;/h2*17,20-23H,3-16,18-19H2,1-2H3,(H,29,30,31);/q;;+2/p-2. The molecule has 4 aromatic rings. The van der Waals surface area contributed by atoms with Gasteiger partial charge >= 0.3 is 37.7 Å². The summed E-state index contributed by atoms with van der Waals surface area (Å²) < 4.78 is 72.3. The quantitative estimate of drug-likeness (QED) is 0.0262. The molecule has 0 aliphatic heterocycles. The summed E-state index contributed by atoms with van der Waals surface area (Å²) in [6.45, 7) is 8.89. The molecule has 0 aliphatic carbocycles. The molecular formula is C56H86CaO6S2. The summed E-state index contributed by atoms with van der Waals surface area (Å²) >= 11 is 0. The number of fused-ring (bicyclic) bond motifs is 2. The fourth-order valence-electron chi connectivity index (χ4n) is 9.22. The van der Waals surface area contributed by atoms with Gasteiger partial charge in [-0.15, -0.1) is 0 Å². The number of benzene rings is 4. The van der Waals surface area contributed by atoms with E-state index in [-0.39, 0.29) is 47.5 Å². The van der Waals surface area contributed by atoms with E-state index in [9.17, 15) is 25.9 Å². The Morgan fingerprint density at radius 3 is 0.846 bits per heavy atom. The van der Waals surface area contributed by atoms with Gasteiger partial charge in [0.25, 0.3) is 0 Å². The molecule has 0 aliphatic rings. The monoisotopic (exact) mass is 959 g/mol. The van der Waals surface area contributed by atoms with Crippen LogP contribution in [0.3, 0.4) is 0 Å². The average molecular weight is 960 g/mol. The van der Waals surface area contributed by atoms with E-state index in [0.29, 0.717) is 24.0 Å². The minimum atomic E-state index is -4.48. The molecule has 0 bridgehead atoms. The van der Waals surface area contributed by atoms with Crippen LogP contribution in [0.2, 0.25) is 0 Å². The van der Waals surface area contributed by atoms with Gasteiger partial charge in [0.05, 0.1) is 9.79 Å². The van der Waals surface area contributed by atoms with Gasteiger partial charge in [0.1, 0.15) is 20.2 Å².